The molecule has 6 heteroatoms. The molecule has 2 atom stereocenters. The minimum absolute atomic E-state index is 0.210. The van der Waals surface area contributed by atoms with Gasteiger partial charge in [0.25, 0.3) is 5.91 Å². The fourth-order valence-corrected chi connectivity index (χ4v) is 3.51. The van der Waals surface area contributed by atoms with Crippen LogP contribution in [-0.4, -0.2) is 34.8 Å². The van der Waals surface area contributed by atoms with Crippen molar-refractivity contribution in [1.82, 2.24) is 15.2 Å². The lowest BCUT2D eigenvalue weighted by atomic mass is 9.83. The van der Waals surface area contributed by atoms with Crippen LogP contribution in [0.5, 0.6) is 0 Å². The first-order chi connectivity index (χ1) is 12.0. The molecule has 0 unspecified atom stereocenters. The highest BCUT2D eigenvalue weighted by Crippen LogP contribution is 2.26. The van der Waals surface area contributed by atoms with Crippen molar-refractivity contribution < 1.29 is 9.59 Å². The van der Waals surface area contributed by atoms with Crippen LogP contribution in [0.4, 0.5) is 0 Å². The zero-order valence-electron chi connectivity index (χ0n) is 14.5. The number of aryl methyl sites for hydroxylation is 1. The third-order valence-corrected chi connectivity index (χ3v) is 4.90. The number of amides is 2. The Bertz CT molecular complexity index is 849. The SMILES string of the molecule is Cc1ccc2cc(C(=O)N[C@H]3CCCC[C@H]3C(=O)N(C)C#N)[nH]c2c1. The molecular weight excluding hydrogens is 316 g/mol. The molecule has 25 heavy (non-hydrogen) atoms. The van der Waals surface area contributed by atoms with Gasteiger partial charge in [-0.2, -0.15) is 5.26 Å². The number of fused-ring (bicyclic) bond motifs is 1. The minimum Gasteiger partial charge on any atom is -0.351 e. The van der Waals surface area contributed by atoms with Gasteiger partial charge in [-0.3, -0.25) is 14.5 Å². The number of H-pyrrole nitrogens is 1. The van der Waals surface area contributed by atoms with Gasteiger partial charge >= 0.3 is 0 Å². The van der Waals surface area contributed by atoms with Gasteiger partial charge in [0.15, 0.2) is 6.19 Å². The number of carbonyl (C=O) groups is 2. The summed E-state index contributed by atoms with van der Waals surface area (Å²) < 4.78 is 0. The van der Waals surface area contributed by atoms with Crippen molar-refractivity contribution in [3.63, 3.8) is 0 Å². The number of benzene rings is 1. The van der Waals surface area contributed by atoms with E-state index in [1.807, 2.05) is 37.4 Å². The van der Waals surface area contributed by atoms with Crippen molar-refractivity contribution in [3.8, 4) is 6.19 Å². The third kappa shape index (κ3) is 3.50. The van der Waals surface area contributed by atoms with Crippen molar-refractivity contribution in [2.24, 2.45) is 5.92 Å². The van der Waals surface area contributed by atoms with E-state index in [0.29, 0.717) is 12.1 Å². The van der Waals surface area contributed by atoms with E-state index < -0.39 is 0 Å². The highest BCUT2D eigenvalue weighted by molar-refractivity contribution is 5.98. The number of aromatic nitrogens is 1. The second kappa shape index (κ2) is 6.98. The fourth-order valence-electron chi connectivity index (χ4n) is 3.51. The topological polar surface area (TPSA) is 89.0 Å². The van der Waals surface area contributed by atoms with E-state index in [9.17, 15) is 9.59 Å². The number of carbonyl (C=O) groups excluding carboxylic acids is 2. The van der Waals surface area contributed by atoms with Crippen LogP contribution >= 0.6 is 0 Å². The zero-order valence-corrected chi connectivity index (χ0v) is 14.5. The van der Waals surface area contributed by atoms with Gasteiger partial charge in [-0.1, -0.05) is 25.0 Å². The molecule has 1 saturated carbocycles. The Balaban J connectivity index is 1.77. The predicted molar refractivity (Wildman–Crippen MR) is 94.6 cm³/mol. The van der Waals surface area contributed by atoms with Crippen LogP contribution < -0.4 is 5.32 Å². The zero-order chi connectivity index (χ0) is 18.0. The van der Waals surface area contributed by atoms with Crippen molar-refractivity contribution in [2.75, 3.05) is 7.05 Å². The maximum absolute atomic E-state index is 12.6. The van der Waals surface area contributed by atoms with Crippen molar-refractivity contribution in [2.45, 2.75) is 38.6 Å². The Morgan fingerprint density at radius 3 is 2.80 bits per heavy atom. The normalized spacial score (nSPS) is 20.0. The van der Waals surface area contributed by atoms with Crippen LogP contribution in [0, 0.1) is 24.3 Å². The molecule has 0 radical (unpaired) electrons. The maximum Gasteiger partial charge on any atom is 0.267 e. The molecule has 0 spiro atoms. The summed E-state index contributed by atoms with van der Waals surface area (Å²) in [6.07, 6.45) is 5.21. The summed E-state index contributed by atoms with van der Waals surface area (Å²) in [5.74, 6) is -0.771. The standard InChI is InChI=1S/C19H22N4O2/c1-12-7-8-13-10-17(21-16(13)9-12)18(24)22-15-6-4-3-5-14(15)19(25)23(2)11-20/h7-10,14-15,21H,3-6H2,1-2H3,(H,22,24)/t14-,15+/m1/s1. The maximum atomic E-state index is 12.6. The van der Waals surface area contributed by atoms with Gasteiger partial charge in [0.2, 0.25) is 5.91 Å². The van der Waals surface area contributed by atoms with Gasteiger partial charge in [-0.15, -0.1) is 0 Å². The van der Waals surface area contributed by atoms with Gasteiger partial charge < -0.3 is 10.3 Å². The number of aromatic amines is 1. The first-order valence-electron chi connectivity index (χ1n) is 8.57. The Labute approximate surface area is 146 Å². The summed E-state index contributed by atoms with van der Waals surface area (Å²) in [5.41, 5.74) is 2.54. The molecule has 3 rings (SSSR count). The summed E-state index contributed by atoms with van der Waals surface area (Å²) in [5, 5.41) is 12.9. The average molecular weight is 338 g/mol. The molecule has 1 aliphatic rings. The number of nitrogens with zero attached hydrogens (tertiary/aromatic N) is 2. The van der Waals surface area contributed by atoms with Gasteiger partial charge in [0, 0.05) is 24.0 Å². The minimum atomic E-state index is -0.339. The highest BCUT2D eigenvalue weighted by atomic mass is 16.2. The van der Waals surface area contributed by atoms with Crippen LogP contribution in [0.25, 0.3) is 10.9 Å². The molecule has 6 nitrogen and oxygen atoms in total. The second-order valence-electron chi connectivity index (χ2n) is 6.74. The van der Waals surface area contributed by atoms with Gasteiger partial charge in [-0.25, -0.2) is 0 Å². The molecule has 1 aromatic carbocycles. The van der Waals surface area contributed by atoms with Crippen LogP contribution in [-0.2, 0) is 4.79 Å². The van der Waals surface area contributed by atoms with E-state index in [2.05, 4.69) is 10.3 Å². The molecule has 0 saturated heterocycles. The summed E-state index contributed by atoms with van der Waals surface area (Å²) in [4.78, 5) is 29.2. The number of nitrogens with one attached hydrogen (secondary N) is 2. The number of nitriles is 1. The smallest absolute Gasteiger partial charge is 0.267 e. The van der Waals surface area contributed by atoms with Crippen LogP contribution in [0.15, 0.2) is 24.3 Å². The largest absolute Gasteiger partial charge is 0.351 e. The average Bonchev–Trinajstić information content (AvgIpc) is 3.04. The highest BCUT2D eigenvalue weighted by Gasteiger charge is 2.34. The van der Waals surface area contributed by atoms with E-state index in [-0.39, 0.29) is 23.8 Å². The lowest BCUT2D eigenvalue weighted by molar-refractivity contribution is -0.133. The first-order valence-corrected chi connectivity index (χ1v) is 8.57. The van der Waals surface area contributed by atoms with Crippen molar-refractivity contribution in [1.29, 1.82) is 5.26 Å². The van der Waals surface area contributed by atoms with Crippen LogP contribution in [0.2, 0.25) is 0 Å². The molecule has 1 fully saturated rings. The molecular formula is C19H22N4O2. The van der Waals surface area contributed by atoms with Crippen molar-refractivity contribution >= 4 is 22.7 Å². The Morgan fingerprint density at radius 2 is 2.04 bits per heavy atom. The van der Waals surface area contributed by atoms with Crippen LogP contribution in [0.3, 0.4) is 0 Å². The predicted octanol–water partition coefficient (Wildman–Crippen LogP) is 2.70. The number of rotatable bonds is 3. The fraction of sp³-hybridized carbons (Fsp3) is 0.421. The van der Waals surface area contributed by atoms with E-state index in [4.69, 9.17) is 5.26 Å². The molecule has 1 heterocycles. The second-order valence-corrected chi connectivity index (χ2v) is 6.74. The molecule has 2 N–H and O–H groups in total. The monoisotopic (exact) mass is 338 g/mol. The van der Waals surface area contributed by atoms with E-state index >= 15 is 0 Å². The van der Waals surface area contributed by atoms with Gasteiger partial charge in [-0.05, 0) is 37.5 Å². The molecule has 1 aromatic heterocycles. The molecule has 130 valence electrons. The van der Waals surface area contributed by atoms with E-state index in [1.165, 1.54) is 7.05 Å². The molecule has 0 aliphatic heterocycles. The van der Waals surface area contributed by atoms with Gasteiger partial charge in [0.1, 0.15) is 5.69 Å². The number of hydrogen-bond donors (Lipinski definition) is 2. The summed E-state index contributed by atoms with van der Waals surface area (Å²) in [6, 6.07) is 7.57. The quantitative estimate of drug-likeness (QED) is 0.666. The molecule has 2 aromatic rings. The van der Waals surface area contributed by atoms with Gasteiger partial charge in [0.05, 0.1) is 5.92 Å². The summed E-state index contributed by atoms with van der Waals surface area (Å²) in [6.45, 7) is 2.00. The first kappa shape index (κ1) is 17.0. The Hall–Kier alpha value is -2.81. The van der Waals surface area contributed by atoms with E-state index in [1.54, 1.807) is 0 Å². The molecule has 1 aliphatic carbocycles. The van der Waals surface area contributed by atoms with E-state index in [0.717, 1.165) is 40.6 Å². The number of hydrogen-bond acceptors (Lipinski definition) is 3. The summed E-state index contributed by atoms with van der Waals surface area (Å²) in [7, 11) is 1.47. The van der Waals surface area contributed by atoms with Crippen LogP contribution in [0.1, 0.15) is 41.7 Å². The third-order valence-electron chi connectivity index (χ3n) is 4.90. The molecule has 2 amide bonds. The summed E-state index contributed by atoms with van der Waals surface area (Å²) >= 11 is 0. The Kier molecular flexibility index (Phi) is 4.75. The van der Waals surface area contributed by atoms with Crippen molar-refractivity contribution in [3.05, 3.63) is 35.5 Å². The lowest BCUT2D eigenvalue weighted by Crippen LogP contribution is -2.48. The Morgan fingerprint density at radius 1 is 1.28 bits per heavy atom. The lowest BCUT2D eigenvalue weighted by Gasteiger charge is -2.31. The molecule has 0 bridgehead atoms.